The Balaban J connectivity index is 2.47. The summed E-state index contributed by atoms with van der Waals surface area (Å²) < 4.78 is 32.2. The predicted molar refractivity (Wildman–Crippen MR) is 65.5 cm³/mol. The molecule has 2 aromatic heterocycles. The molecule has 2 heterocycles. The lowest BCUT2D eigenvalue weighted by atomic mass is 10.2. The normalized spacial score (nSPS) is 11.7. The van der Waals surface area contributed by atoms with Crippen molar-refractivity contribution in [2.45, 2.75) is 25.3 Å². The number of nitrogens with zero attached hydrogens (tertiary/aromatic N) is 1. The van der Waals surface area contributed by atoms with Crippen molar-refractivity contribution in [1.29, 1.82) is 0 Å². The first-order chi connectivity index (χ1) is 8.45. The fraction of sp³-hybridized carbons (Fsp3) is 0.300. The molecule has 0 aromatic carbocycles. The molecule has 98 valence electrons. The van der Waals surface area contributed by atoms with Gasteiger partial charge in [0.15, 0.2) is 0 Å². The molecular weight excluding hydrogens is 256 g/mol. The van der Waals surface area contributed by atoms with Crippen LogP contribution in [0.5, 0.6) is 0 Å². The topological polar surface area (TPSA) is 114 Å². The minimum atomic E-state index is -3.72. The third-order valence-electron chi connectivity index (χ3n) is 2.55. The molecule has 2 aromatic rings. The maximum atomic E-state index is 12.2. The second kappa shape index (κ2) is 4.46. The van der Waals surface area contributed by atoms with Crippen molar-refractivity contribution < 1.29 is 12.8 Å². The zero-order chi connectivity index (χ0) is 13.3. The Hall–Kier alpha value is -1.80. The number of hydrogen-bond acceptors (Lipinski definition) is 5. The molecule has 18 heavy (non-hydrogen) atoms. The largest absolute Gasteiger partial charge is 0.465 e. The molecule has 0 aliphatic heterocycles. The Morgan fingerprint density at radius 3 is 2.72 bits per heavy atom. The third-order valence-corrected chi connectivity index (χ3v) is 4.12. The van der Waals surface area contributed by atoms with E-state index >= 15 is 0 Å². The van der Waals surface area contributed by atoms with Crippen LogP contribution in [0.4, 0.5) is 5.69 Å². The van der Waals surface area contributed by atoms with Crippen LogP contribution in [-0.2, 0) is 16.6 Å². The molecule has 0 aliphatic rings. The first-order valence-electron chi connectivity index (χ1n) is 5.26. The van der Waals surface area contributed by atoms with Gasteiger partial charge in [-0.2, -0.15) is 5.10 Å². The summed E-state index contributed by atoms with van der Waals surface area (Å²) in [6.45, 7) is 3.38. The van der Waals surface area contributed by atoms with Gasteiger partial charge in [-0.1, -0.05) is 0 Å². The van der Waals surface area contributed by atoms with E-state index in [0.29, 0.717) is 22.8 Å². The van der Waals surface area contributed by atoms with Gasteiger partial charge < -0.3 is 10.2 Å². The average Bonchev–Trinajstić information content (AvgIpc) is 2.85. The summed E-state index contributed by atoms with van der Waals surface area (Å²) >= 11 is 0. The van der Waals surface area contributed by atoms with Gasteiger partial charge in [0.05, 0.1) is 11.9 Å². The highest BCUT2D eigenvalue weighted by Crippen LogP contribution is 2.27. The number of aromatic amines is 1. The van der Waals surface area contributed by atoms with Crippen LogP contribution >= 0.6 is 0 Å². The average molecular weight is 270 g/mol. The molecule has 7 nitrogen and oxygen atoms in total. The van der Waals surface area contributed by atoms with E-state index in [9.17, 15) is 8.42 Å². The van der Waals surface area contributed by atoms with E-state index < -0.39 is 10.0 Å². The van der Waals surface area contributed by atoms with Gasteiger partial charge in [-0.15, -0.1) is 0 Å². The number of aromatic nitrogens is 2. The van der Waals surface area contributed by atoms with Crippen molar-refractivity contribution in [2.24, 2.45) is 5.73 Å². The lowest BCUT2D eigenvalue weighted by Gasteiger charge is -2.06. The monoisotopic (exact) mass is 270 g/mol. The molecular formula is C10H14N4O3S. The van der Waals surface area contributed by atoms with Gasteiger partial charge in [0.2, 0.25) is 0 Å². The lowest BCUT2D eigenvalue weighted by Crippen LogP contribution is -2.16. The van der Waals surface area contributed by atoms with Crippen LogP contribution in [-0.4, -0.2) is 18.6 Å². The van der Waals surface area contributed by atoms with E-state index in [2.05, 4.69) is 14.9 Å². The number of furan rings is 1. The molecule has 0 unspecified atom stereocenters. The summed E-state index contributed by atoms with van der Waals surface area (Å²) in [4.78, 5) is 0.101. The third kappa shape index (κ3) is 2.12. The smallest absolute Gasteiger partial charge is 0.265 e. The van der Waals surface area contributed by atoms with Crippen LogP contribution in [0.2, 0.25) is 0 Å². The molecule has 8 heteroatoms. The Bertz CT molecular complexity index is 643. The number of rotatable bonds is 4. The first-order valence-corrected chi connectivity index (χ1v) is 6.74. The zero-order valence-electron chi connectivity index (χ0n) is 10.0. The Morgan fingerprint density at radius 2 is 2.17 bits per heavy atom. The van der Waals surface area contributed by atoms with E-state index in [1.807, 2.05) is 0 Å². The molecule has 0 radical (unpaired) electrons. The fourth-order valence-corrected chi connectivity index (χ4v) is 3.31. The van der Waals surface area contributed by atoms with Gasteiger partial charge in [0.25, 0.3) is 10.0 Å². The molecule has 0 aliphatic carbocycles. The van der Waals surface area contributed by atoms with E-state index in [1.54, 1.807) is 13.8 Å². The Labute approximate surface area is 104 Å². The van der Waals surface area contributed by atoms with Crippen LogP contribution in [0.1, 0.15) is 17.1 Å². The maximum absolute atomic E-state index is 12.2. The van der Waals surface area contributed by atoms with Gasteiger partial charge in [-0.25, -0.2) is 8.42 Å². The van der Waals surface area contributed by atoms with E-state index in [0.717, 1.165) is 0 Å². The molecule has 2 rings (SSSR count). The molecule has 0 saturated carbocycles. The van der Waals surface area contributed by atoms with E-state index in [4.69, 9.17) is 10.2 Å². The second-order valence-corrected chi connectivity index (χ2v) is 5.44. The second-order valence-electron chi connectivity index (χ2n) is 3.82. The summed E-state index contributed by atoms with van der Waals surface area (Å²) in [5, 5.41) is 6.20. The highest BCUT2D eigenvalue weighted by Gasteiger charge is 2.26. The van der Waals surface area contributed by atoms with Gasteiger partial charge >= 0.3 is 0 Å². The summed E-state index contributed by atoms with van der Waals surface area (Å²) in [5.41, 5.74) is 6.41. The Kier molecular flexibility index (Phi) is 3.14. The summed E-state index contributed by atoms with van der Waals surface area (Å²) in [6.07, 6.45) is 2.82. The maximum Gasteiger partial charge on any atom is 0.265 e. The quantitative estimate of drug-likeness (QED) is 0.763. The van der Waals surface area contributed by atoms with E-state index in [1.165, 1.54) is 12.4 Å². The predicted octanol–water partition coefficient (Wildman–Crippen LogP) is 0.879. The van der Waals surface area contributed by atoms with Crippen molar-refractivity contribution in [3.8, 4) is 0 Å². The van der Waals surface area contributed by atoms with Crippen molar-refractivity contribution in [3.63, 3.8) is 0 Å². The van der Waals surface area contributed by atoms with Gasteiger partial charge in [-0.3, -0.25) is 9.82 Å². The van der Waals surface area contributed by atoms with Crippen molar-refractivity contribution in [3.05, 3.63) is 29.5 Å². The minimum Gasteiger partial charge on any atom is -0.465 e. The lowest BCUT2D eigenvalue weighted by molar-refractivity contribution is 0.494. The van der Waals surface area contributed by atoms with Crippen LogP contribution in [0.15, 0.2) is 21.7 Å². The van der Waals surface area contributed by atoms with Crippen molar-refractivity contribution in [2.75, 3.05) is 4.72 Å². The molecule has 0 amide bonds. The number of sulfonamides is 1. The summed E-state index contributed by atoms with van der Waals surface area (Å²) in [6, 6.07) is 0. The van der Waals surface area contributed by atoms with Gasteiger partial charge in [-0.05, 0) is 13.8 Å². The number of nitrogens with one attached hydrogen (secondary N) is 2. The number of nitrogens with two attached hydrogens (primary N) is 1. The SMILES string of the molecule is Cc1oc(C)c(S(=O)(=O)Nc2cn[nH]c2)c1CN. The highest BCUT2D eigenvalue weighted by atomic mass is 32.2. The van der Waals surface area contributed by atoms with Crippen LogP contribution in [0.3, 0.4) is 0 Å². The number of aryl methyl sites for hydroxylation is 2. The fourth-order valence-electron chi connectivity index (χ4n) is 1.81. The molecule has 0 spiro atoms. The minimum absolute atomic E-state index is 0.101. The Morgan fingerprint density at radius 1 is 1.44 bits per heavy atom. The summed E-state index contributed by atoms with van der Waals surface area (Å²) in [7, 11) is -3.72. The zero-order valence-corrected chi connectivity index (χ0v) is 10.8. The molecule has 0 fully saturated rings. The first kappa shape index (κ1) is 12.7. The molecule has 0 saturated heterocycles. The van der Waals surface area contributed by atoms with Crippen LogP contribution < -0.4 is 10.5 Å². The number of H-pyrrole nitrogens is 1. The standard InChI is InChI=1S/C10H14N4O3S/c1-6-9(3-11)10(7(2)17-6)18(15,16)14-8-4-12-13-5-8/h4-5,14H,3,11H2,1-2H3,(H,12,13). The molecule has 0 bridgehead atoms. The van der Waals surface area contributed by atoms with Crippen molar-refractivity contribution in [1.82, 2.24) is 10.2 Å². The number of anilines is 1. The number of hydrogen-bond donors (Lipinski definition) is 3. The summed E-state index contributed by atoms with van der Waals surface area (Å²) in [5.74, 6) is 0.839. The molecule has 0 atom stereocenters. The van der Waals surface area contributed by atoms with Gasteiger partial charge in [0.1, 0.15) is 16.4 Å². The van der Waals surface area contributed by atoms with Crippen molar-refractivity contribution >= 4 is 15.7 Å². The van der Waals surface area contributed by atoms with Gasteiger partial charge in [0, 0.05) is 18.3 Å². The van der Waals surface area contributed by atoms with Crippen LogP contribution in [0.25, 0.3) is 0 Å². The molecule has 4 N–H and O–H groups in total. The highest BCUT2D eigenvalue weighted by molar-refractivity contribution is 7.92. The van der Waals surface area contributed by atoms with Crippen LogP contribution in [0, 0.1) is 13.8 Å². The van der Waals surface area contributed by atoms with E-state index in [-0.39, 0.29) is 11.4 Å².